The third-order valence-corrected chi connectivity index (χ3v) is 5.32. The highest BCUT2D eigenvalue weighted by Crippen LogP contribution is 2.25. The summed E-state index contributed by atoms with van der Waals surface area (Å²) in [5.41, 5.74) is 2.37. The highest BCUT2D eigenvalue weighted by Gasteiger charge is 2.17. The quantitative estimate of drug-likeness (QED) is 0.707. The van der Waals surface area contributed by atoms with Crippen LogP contribution in [0, 0.1) is 0 Å². The maximum Gasteiger partial charge on any atom is 0.279 e. The Labute approximate surface area is 152 Å². The van der Waals surface area contributed by atoms with Gasteiger partial charge in [-0.2, -0.15) is 9.78 Å². The number of aromatic nitrogens is 2. The van der Waals surface area contributed by atoms with E-state index in [1.165, 1.54) is 10.7 Å². The van der Waals surface area contributed by atoms with Gasteiger partial charge in [-0.15, -0.1) is 0 Å². The molecule has 0 fully saturated rings. The van der Waals surface area contributed by atoms with Gasteiger partial charge in [0.15, 0.2) is 9.84 Å². The summed E-state index contributed by atoms with van der Waals surface area (Å²) < 4.78 is 25.2. The second-order valence-corrected chi connectivity index (χ2v) is 8.49. The van der Waals surface area contributed by atoms with E-state index >= 15 is 0 Å². The lowest BCUT2D eigenvalue weighted by Gasteiger charge is -2.15. The number of hydrogen-bond donors (Lipinski definition) is 0. The van der Waals surface area contributed by atoms with Crippen molar-refractivity contribution in [1.29, 1.82) is 0 Å². The molecular weight excluding hydrogens is 348 g/mol. The molecular formula is C20H20N2O3S. The van der Waals surface area contributed by atoms with E-state index in [-0.39, 0.29) is 16.4 Å². The van der Waals surface area contributed by atoms with Crippen LogP contribution in [0.4, 0.5) is 0 Å². The molecule has 0 aliphatic rings. The molecule has 134 valence electrons. The first-order chi connectivity index (χ1) is 12.3. The Balaban J connectivity index is 2.29. The van der Waals surface area contributed by atoms with Gasteiger partial charge in [-0.1, -0.05) is 50.2 Å². The molecule has 0 saturated heterocycles. The Kier molecular flexibility index (Phi) is 4.78. The molecule has 0 N–H and O–H groups in total. The van der Waals surface area contributed by atoms with Gasteiger partial charge in [-0.05, 0) is 35.2 Å². The van der Waals surface area contributed by atoms with Crippen LogP contribution < -0.4 is 5.56 Å². The Morgan fingerprint density at radius 2 is 1.69 bits per heavy atom. The summed E-state index contributed by atoms with van der Waals surface area (Å²) >= 11 is 0. The van der Waals surface area contributed by atoms with E-state index in [0.29, 0.717) is 11.3 Å². The molecule has 1 aromatic heterocycles. The lowest BCUT2D eigenvalue weighted by molar-refractivity contribution is 0.601. The van der Waals surface area contributed by atoms with Crippen molar-refractivity contribution in [3.63, 3.8) is 0 Å². The highest BCUT2D eigenvalue weighted by molar-refractivity contribution is 7.90. The van der Waals surface area contributed by atoms with Crippen LogP contribution in [-0.2, 0) is 9.84 Å². The summed E-state index contributed by atoms with van der Waals surface area (Å²) in [4.78, 5) is 13.2. The molecule has 0 radical (unpaired) electrons. The average Bonchev–Trinajstić information content (AvgIpc) is 2.61. The van der Waals surface area contributed by atoms with Crippen molar-refractivity contribution in [3.05, 3.63) is 76.7 Å². The third kappa shape index (κ3) is 3.46. The third-order valence-electron chi connectivity index (χ3n) is 4.21. The minimum absolute atomic E-state index is 0.104. The number of nitrogens with zero attached hydrogens (tertiary/aromatic N) is 2. The molecule has 5 nitrogen and oxygen atoms in total. The van der Waals surface area contributed by atoms with E-state index in [1.807, 2.05) is 44.2 Å². The zero-order valence-electron chi connectivity index (χ0n) is 14.9. The van der Waals surface area contributed by atoms with Crippen LogP contribution in [0.2, 0.25) is 0 Å². The largest absolute Gasteiger partial charge is 0.279 e. The Bertz CT molecular complexity index is 1100. The Morgan fingerprint density at radius 1 is 1.00 bits per heavy atom. The summed E-state index contributed by atoms with van der Waals surface area (Å²) in [5.74, 6) is 0.104. The van der Waals surface area contributed by atoms with Crippen molar-refractivity contribution < 1.29 is 8.42 Å². The van der Waals surface area contributed by atoms with E-state index in [9.17, 15) is 13.2 Å². The molecule has 0 aliphatic carbocycles. The van der Waals surface area contributed by atoms with Gasteiger partial charge in [-0.25, -0.2) is 8.42 Å². The summed E-state index contributed by atoms with van der Waals surface area (Å²) in [6.07, 6.45) is 2.71. The summed E-state index contributed by atoms with van der Waals surface area (Å²) in [7, 11) is -3.39. The second kappa shape index (κ2) is 6.88. The van der Waals surface area contributed by atoms with Crippen molar-refractivity contribution in [2.75, 3.05) is 6.26 Å². The number of rotatable bonds is 4. The van der Waals surface area contributed by atoms with Crippen molar-refractivity contribution in [2.45, 2.75) is 24.7 Å². The van der Waals surface area contributed by atoms with Crippen LogP contribution in [0.15, 0.2) is 70.5 Å². The van der Waals surface area contributed by atoms with E-state index in [1.54, 1.807) is 24.4 Å². The van der Waals surface area contributed by atoms with Crippen LogP contribution in [-0.4, -0.2) is 24.5 Å². The zero-order chi connectivity index (χ0) is 18.9. The Morgan fingerprint density at radius 3 is 2.31 bits per heavy atom. The molecule has 3 rings (SSSR count). The van der Waals surface area contributed by atoms with Gasteiger partial charge < -0.3 is 0 Å². The van der Waals surface area contributed by atoms with Gasteiger partial charge in [0.05, 0.1) is 16.1 Å². The van der Waals surface area contributed by atoms with Gasteiger partial charge in [-0.3, -0.25) is 4.79 Å². The molecule has 0 aliphatic heterocycles. The molecule has 0 unspecified atom stereocenters. The van der Waals surface area contributed by atoms with Crippen molar-refractivity contribution in [3.8, 4) is 16.8 Å². The molecule has 6 heteroatoms. The SMILES string of the molecule is CC(C)c1ccc(S(C)(=O)=O)cc1-n1nccc(-c2ccccc2)c1=O. The summed E-state index contributed by atoms with van der Waals surface area (Å²) in [6.45, 7) is 3.98. The predicted octanol–water partition coefficient (Wildman–Crippen LogP) is 3.43. The van der Waals surface area contributed by atoms with Crippen molar-refractivity contribution >= 4 is 9.84 Å². The lowest BCUT2D eigenvalue weighted by Crippen LogP contribution is -2.24. The van der Waals surface area contributed by atoms with Gasteiger partial charge in [0, 0.05) is 12.5 Å². The molecule has 0 spiro atoms. The monoisotopic (exact) mass is 368 g/mol. The van der Waals surface area contributed by atoms with Crippen molar-refractivity contribution in [2.24, 2.45) is 0 Å². The average molecular weight is 368 g/mol. The topological polar surface area (TPSA) is 69.0 Å². The van der Waals surface area contributed by atoms with Gasteiger partial charge in [0.1, 0.15) is 0 Å². The normalized spacial score (nSPS) is 11.7. The molecule has 1 heterocycles. The maximum absolute atomic E-state index is 13.1. The van der Waals surface area contributed by atoms with E-state index < -0.39 is 9.84 Å². The van der Waals surface area contributed by atoms with Crippen LogP contribution >= 0.6 is 0 Å². The van der Waals surface area contributed by atoms with Gasteiger partial charge in [0.2, 0.25) is 0 Å². The first-order valence-corrected chi connectivity index (χ1v) is 10.2. The van der Waals surface area contributed by atoms with Gasteiger partial charge in [0.25, 0.3) is 5.56 Å². The van der Waals surface area contributed by atoms with Crippen LogP contribution in [0.3, 0.4) is 0 Å². The molecule has 0 saturated carbocycles. The van der Waals surface area contributed by atoms with Crippen LogP contribution in [0.1, 0.15) is 25.3 Å². The first-order valence-electron chi connectivity index (χ1n) is 8.27. The predicted molar refractivity (Wildman–Crippen MR) is 102 cm³/mol. The van der Waals surface area contributed by atoms with E-state index in [0.717, 1.165) is 17.4 Å². The minimum atomic E-state index is -3.39. The standard InChI is InChI=1S/C20H20N2O3S/c1-14(2)17-10-9-16(26(3,24)25)13-19(17)22-20(23)18(11-12-21-22)15-7-5-4-6-8-15/h4-14H,1-3H3. The maximum atomic E-state index is 13.1. The fourth-order valence-electron chi connectivity index (χ4n) is 2.85. The Hall–Kier alpha value is -2.73. The number of benzene rings is 2. The van der Waals surface area contributed by atoms with Crippen LogP contribution in [0.25, 0.3) is 16.8 Å². The van der Waals surface area contributed by atoms with Crippen molar-refractivity contribution in [1.82, 2.24) is 9.78 Å². The van der Waals surface area contributed by atoms with E-state index in [2.05, 4.69) is 5.10 Å². The fraction of sp³-hybridized carbons (Fsp3) is 0.200. The molecule has 0 amide bonds. The molecule has 0 atom stereocenters. The molecule has 0 bridgehead atoms. The first kappa shape index (κ1) is 18.1. The highest BCUT2D eigenvalue weighted by atomic mass is 32.2. The molecule has 2 aromatic carbocycles. The molecule has 26 heavy (non-hydrogen) atoms. The van der Waals surface area contributed by atoms with Crippen LogP contribution in [0.5, 0.6) is 0 Å². The second-order valence-electron chi connectivity index (χ2n) is 6.48. The smallest absolute Gasteiger partial charge is 0.267 e. The van der Waals surface area contributed by atoms with Gasteiger partial charge >= 0.3 is 0 Å². The zero-order valence-corrected chi connectivity index (χ0v) is 15.7. The minimum Gasteiger partial charge on any atom is -0.267 e. The number of hydrogen-bond acceptors (Lipinski definition) is 4. The molecule has 3 aromatic rings. The number of sulfone groups is 1. The fourth-order valence-corrected chi connectivity index (χ4v) is 3.49. The van der Waals surface area contributed by atoms with E-state index in [4.69, 9.17) is 0 Å². The lowest BCUT2D eigenvalue weighted by atomic mass is 10.0. The summed E-state index contributed by atoms with van der Waals surface area (Å²) in [6, 6.07) is 15.8. The summed E-state index contributed by atoms with van der Waals surface area (Å²) in [5, 5.41) is 4.21.